The largest absolute Gasteiger partial charge is 0.365 e. The Labute approximate surface area is 180 Å². The molecule has 0 fully saturated rings. The zero-order valence-electron chi connectivity index (χ0n) is 17.7. The van der Waals surface area contributed by atoms with Crippen molar-refractivity contribution >= 4 is 11.6 Å². The number of aromatic amines is 2. The molecular formula is C23H28FN5O2. The number of benzene rings is 1. The molecule has 0 radical (unpaired) electrons. The number of hydrogen-bond donors (Lipinski definition) is 2. The number of nitrogens with zero attached hydrogens (tertiary/aromatic N) is 3. The first-order valence-corrected chi connectivity index (χ1v) is 10.8. The zero-order chi connectivity index (χ0) is 22.1. The third-order valence-corrected chi connectivity index (χ3v) is 5.47. The summed E-state index contributed by atoms with van der Waals surface area (Å²) in [6.07, 6.45) is 8.86. The van der Waals surface area contributed by atoms with Crippen LogP contribution in [0, 0.1) is 5.82 Å². The summed E-state index contributed by atoms with van der Waals surface area (Å²) < 4.78 is 13.3. The maximum absolute atomic E-state index is 13.3. The van der Waals surface area contributed by atoms with Crippen LogP contribution in [0.25, 0.3) is 0 Å². The van der Waals surface area contributed by atoms with Gasteiger partial charge in [-0.1, -0.05) is 38.3 Å². The number of halogens is 1. The van der Waals surface area contributed by atoms with E-state index in [0.717, 1.165) is 61.8 Å². The highest BCUT2D eigenvalue weighted by atomic mass is 19.1. The van der Waals surface area contributed by atoms with Gasteiger partial charge in [0.25, 0.3) is 5.78 Å². The first-order valence-electron chi connectivity index (χ1n) is 10.8. The number of carbonyl (C=O) groups excluding carboxylic acids is 2. The van der Waals surface area contributed by atoms with E-state index in [0.29, 0.717) is 5.92 Å². The molecule has 0 bridgehead atoms. The van der Waals surface area contributed by atoms with Crippen LogP contribution in [-0.2, 0) is 17.6 Å². The summed E-state index contributed by atoms with van der Waals surface area (Å²) in [5.41, 5.74) is 2.91. The highest BCUT2D eigenvalue weighted by Crippen LogP contribution is 2.29. The molecule has 1 atom stereocenters. The number of aryl methyl sites for hydroxylation is 1. The van der Waals surface area contributed by atoms with E-state index in [9.17, 15) is 14.0 Å². The van der Waals surface area contributed by atoms with E-state index in [2.05, 4.69) is 32.5 Å². The van der Waals surface area contributed by atoms with Crippen LogP contribution in [0.5, 0.6) is 0 Å². The first kappa shape index (κ1) is 22.5. The summed E-state index contributed by atoms with van der Waals surface area (Å²) in [5.74, 6) is -1.37. The predicted octanol–water partition coefficient (Wildman–Crippen LogP) is 4.35. The molecule has 164 valence electrons. The minimum atomic E-state index is -0.731. The number of nitrogens with one attached hydrogen (secondary N) is 2. The maximum atomic E-state index is 13.3. The Hall–Kier alpha value is -3.16. The molecule has 0 aliphatic heterocycles. The number of unbranched alkanes of at least 4 members (excludes halogenated alkanes) is 2. The molecule has 0 aliphatic carbocycles. The van der Waals surface area contributed by atoms with Crippen molar-refractivity contribution in [3.63, 3.8) is 0 Å². The number of rotatable bonds is 13. The minimum Gasteiger partial charge on any atom is -0.365 e. The monoisotopic (exact) mass is 425 g/mol. The molecule has 3 aromatic rings. The van der Waals surface area contributed by atoms with Gasteiger partial charge >= 0.3 is 0 Å². The minimum absolute atomic E-state index is 0.0198. The van der Waals surface area contributed by atoms with Crippen molar-refractivity contribution in [3.8, 4) is 0 Å². The Morgan fingerprint density at radius 1 is 1.13 bits per heavy atom. The maximum Gasteiger partial charge on any atom is 0.269 e. The van der Waals surface area contributed by atoms with Gasteiger partial charge in [-0.05, 0) is 66.1 Å². The van der Waals surface area contributed by atoms with Gasteiger partial charge in [-0.25, -0.2) is 4.39 Å². The van der Waals surface area contributed by atoms with Crippen LogP contribution in [0.2, 0.25) is 0 Å². The molecule has 7 nitrogen and oxygen atoms in total. The summed E-state index contributed by atoms with van der Waals surface area (Å²) in [6.45, 7) is 2.14. The second kappa shape index (κ2) is 11.3. The molecule has 2 aromatic heterocycles. The van der Waals surface area contributed by atoms with Gasteiger partial charge < -0.3 is 4.98 Å². The highest BCUT2D eigenvalue weighted by Gasteiger charge is 2.24. The van der Waals surface area contributed by atoms with Crippen molar-refractivity contribution in [2.24, 2.45) is 0 Å². The van der Waals surface area contributed by atoms with E-state index >= 15 is 0 Å². The van der Waals surface area contributed by atoms with Crippen LogP contribution < -0.4 is 0 Å². The SMILES string of the molecule is CCCC(CCCCCc1cccc(F)c1)c1[nH]ccc1CC(=O)C(=O)c1nn[nH]n1. The molecule has 31 heavy (non-hydrogen) atoms. The van der Waals surface area contributed by atoms with Gasteiger partial charge in [-0.3, -0.25) is 9.59 Å². The molecule has 0 amide bonds. The lowest BCUT2D eigenvalue weighted by Gasteiger charge is -2.17. The van der Waals surface area contributed by atoms with Gasteiger partial charge in [-0.2, -0.15) is 5.21 Å². The standard InChI is InChI=1S/C23H28FN5O2/c1-2-7-17(10-5-3-4-8-16-9-6-11-19(24)14-16)21-18(12-13-25-21)15-20(30)22(31)23-26-28-29-27-23/h6,9,11-14,17,25H,2-5,7-8,10,15H2,1H3,(H,26,27,28,29). The number of Topliss-reactive ketones (excluding diaryl/α,β-unsaturated/α-hetero) is 2. The molecule has 8 heteroatoms. The molecule has 2 heterocycles. The third kappa shape index (κ3) is 6.41. The normalized spacial score (nSPS) is 12.1. The topological polar surface area (TPSA) is 104 Å². The third-order valence-electron chi connectivity index (χ3n) is 5.47. The Balaban J connectivity index is 1.53. The quantitative estimate of drug-likeness (QED) is 0.241. The summed E-state index contributed by atoms with van der Waals surface area (Å²) in [6, 6.07) is 8.63. The number of hydrogen-bond acceptors (Lipinski definition) is 5. The van der Waals surface area contributed by atoms with Crippen LogP contribution in [0.4, 0.5) is 4.39 Å². The molecule has 0 saturated carbocycles. The van der Waals surface area contributed by atoms with Crippen LogP contribution >= 0.6 is 0 Å². The fourth-order valence-corrected chi connectivity index (χ4v) is 3.96. The lowest BCUT2D eigenvalue weighted by molar-refractivity contribution is -0.114. The lowest BCUT2D eigenvalue weighted by atomic mass is 9.89. The fraction of sp³-hybridized carbons (Fsp3) is 0.435. The molecule has 0 saturated heterocycles. The molecule has 0 spiro atoms. The van der Waals surface area contributed by atoms with Crippen molar-refractivity contribution in [3.05, 3.63) is 65.0 Å². The second-order valence-corrected chi connectivity index (χ2v) is 7.80. The van der Waals surface area contributed by atoms with Crippen LogP contribution in [0.3, 0.4) is 0 Å². The van der Waals surface area contributed by atoms with E-state index in [-0.39, 0.29) is 18.1 Å². The summed E-state index contributed by atoms with van der Waals surface area (Å²) >= 11 is 0. The molecule has 0 aliphatic rings. The van der Waals surface area contributed by atoms with E-state index in [4.69, 9.17) is 0 Å². The smallest absolute Gasteiger partial charge is 0.269 e. The van der Waals surface area contributed by atoms with E-state index in [1.54, 1.807) is 12.1 Å². The van der Waals surface area contributed by atoms with Crippen molar-refractivity contribution in [2.45, 2.75) is 64.2 Å². The number of ketones is 2. The van der Waals surface area contributed by atoms with Gasteiger partial charge in [0.2, 0.25) is 11.6 Å². The van der Waals surface area contributed by atoms with Crippen molar-refractivity contribution in [2.75, 3.05) is 0 Å². The summed E-state index contributed by atoms with van der Waals surface area (Å²) in [7, 11) is 0. The van der Waals surface area contributed by atoms with Crippen LogP contribution in [0.15, 0.2) is 36.5 Å². The number of H-pyrrole nitrogens is 2. The lowest BCUT2D eigenvalue weighted by Crippen LogP contribution is -2.19. The van der Waals surface area contributed by atoms with E-state index < -0.39 is 11.6 Å². The molecular weight excluding hydrogens is 397 g/mol. The van der Waals surface area contributed by atoms with Crippen molar-refractivity contribution < 1.29 is 14.0 Å². The average Bonchev–Trinajstić information content (AvgIpc) is 3.44. The number of aromatic nitrogens is 5. The van der Waals surface area contributed by atoms with Gasteiger partial charge in [0.05, 0.1) is 0 Å². The summed E-state index contributed by atoms with van der Waals surface area (Å²) in [4.78, 5) is 27.8. The number of carbonyl (C=O) groups is 2. The van der Waals surface area contributed by atoms with Crippen LogP contribution in [-0.4, -0.2) is 37.2 Å². The summed E-state index contributed by atoms with van der Waals surface area (Å²) in [5, 5.41) is 12.7. The molecule has 3 rings (SSSR count). The van der Waals surface area contributed by atoms with Gasteiger partial charge in [0.15, 0.2) is 0 Å². The average molecular weight is 426 g/mol. The zero-order valence-corrected chi connectivity index (χ0v) is 17.7. The van der Waals surface area contributed by atoms with Crippen molar-refractivity contribution in [1.82, 2.24) is 25.6 Å². The van der Waals surface area contributed by atoms with Gasteiger partial charge in [0.1, 0.15) is 5.82 Å². The Morgan fingerprint density at radius 3 is 2.74 bits per heavy atom. The van der Waals surface area contributed by atoms with Crippen molar-refractivity contribution in [1.29, 1.82) is 0 Å². The van der Waals surface area contributed by atoms with E-state index in [1.165, 1.54) is 6.07 Å². The Morgan fingerprint density at radius 2 is 2.00 bits per heavy atom. The predicted molar refractivity (Wildman–Crippen MR) is 114 cm³/mol. The Kier molecular flexibility index (Phi) is 8.20. The van der Waals surface area contributed by atoms with Gasteiger partial charge in [-0.15, -0.1) is 10.2 Å². The van der Waals surface area contributed by atoms with Crippen LogP contribution in [0.1, 0.15) is 78.8 Å². The molecule has 2 N–H and O–H groups in total. The number of tetrazole rings is 1. The highest BCUT2D eigenvalue weighted by molar-refractivity contribution is 6.43. The molecule has 1 unspecified atom stereocenters. The molecule has 1 aromatic carbocycles. The van der Waals surface area contributed by atoms with E-state index in [1.807, 2.05) is 18.3 Å². The fourth-order valence-electron chi connectivity index (χ4n) is 3.96. The Bertz CT molecular complexity index is 984. The first-order chi connectivity index (χ1) is 15.1. The second-order valence-electron chi connectivity index (χ2n) is 7.80. The van der Waals surface area contributed by atoms with Gasteiger partial charge in [0, 0.05) is 18.3 Å².